The highest BCUT2D eigenvalue weighted by Gasteiger charge is 2.17. The highest BCUT2D eigenvalue weighted by Crippen LogP contribution is 2.18. The summed E-state index contributed by atoms with van der Waals surface area (Å²) in [6.45, 7) is 12.3. The number of benzene rings is 1. The lowest BCUT2D eigenvalue weighted by atomic mass is 10.1. The van der Waals surface area contributed by atoms with E-state index < -0.39 is 5.91 Å². The van der Waals surface area contributed by atoms with Crippen molar-refractivity contribution in [3.8, 4) is 0 Å². The molecule has 0 saturated carbocycles. The van der Waals surface area contributed by atoms with Crippen molar-refractivity contribution in [2.75, 3.05) is 6.54 Å². The van der Waals surface area contributed by atoms with Crippen LogP contribution in [0.2, 0.25) is 0 Å². The minimum Gasteiger partial charge on any atom is -0.366 e. The molecule has 0 fully saturated rings. The van der Waals surface area contributed by atoms with Gasteiger partial charge in [-0.15, -0.1) is 0 Å². The lowest BCUT2D eigenvalue weighted by Crippen LogP contribution is -2.35. The molecule has 27 heavy (non-hydrogen) atoms. The topological polar surface area (TPSA) is 96.6 Å². The SMILES string of the molecule is C=C(NC1=C(C)C(=O)NCC1)C(/C=C\C)=NC(=C)c1cccc(C(N)=O)c1. The number of nitrogens with two attached hydrogens (primary N) is 1. The van der Waals surface area contributed by atoms with E-state index in [2.05, 4.69) is 28.8 Å². The lowest BCUT2D eigenvalue weighted by Gasteiger charge is -2.21. The van der Waals surface area contributed by atoms with Gasteiger partial charge < -0.3 is 16.4 Å². The molecule has 0 bridgehead atoms. The Labute approximate surface area is 159 Å². The maximum atomic E-state index is 11.8. The van der Waals surface area contributed by atoms with Crippen LogP contribution < -0.4 is 16.4 Å². The van der Waals surface area contributed by atoms with Gasteiger partial charge in [0.15, 0.2) is 0 Å². The molecule has 4 N–H and O–H groups in total. The molecule has 0 aliphatic carbocycles. The van der Waals surface area contributed by atoms with Crippen LogP contribution >= 0.6 is 0 Å². The van der Waals surface area contributed by atoms with Crippen LogP contribution in [-0.4, -0.2) is 24.1 Å². The summed E-state index contributed by atoms with van der Waals surface area (Å²) < 4.78 is 0. The molecule has 1 aliphatic rings. The maximum Gasteiger partial charge on any atom is 0.248 e. The fraction of sp³-hybridized carbons (Fsp3) is 0.190. The van der Waals surface area contributed by atoms with Crippen molar-refractivity contribution >= 4 is 23.2 Å². The molecule has 0 saturated heterocycles. The number of nitrogens with one attached hydrogen (secondary N) is 2. The zero-order chi connectivity index (χ0) is 20.0. The minimum absolute atomic E-state index is 0.0891. The number of hydrogen-bond donors (Lipinski definition) is 3. The van der Waals surface area contributed by atoms with Crippen LogP contribution in [0, 0.1) is 0 Å². The molecule has 6 heteroatoms. The summed E-state index contributed by atoms with van der Waals surface area (Å²) in [5.74, 6) is -0.597. The van der Waals surface area contributed by atoms with Gasteiger partial charge in [-0.3, -0.25) is 9.59 Å². The van der Waals surface area contributed by atoms with Gasteiger partial charge in [0.05, 0.1) is 17.1 Å². The zero-order valence-electron chi connectivity index (χ0n) is 15.6. The molecule has 1 heterocycles. The Morgan fingerprint density at radius 3 is 2.70 bits per heavy atom. The van der Waals surface area contributed by atoms with E-state index in [-0.39, 0.29) is 5.91 Å². The second kappa shape index (κ2) is 8.80. The number of hydrogen-bond acceptors (Lipinski definition) is 4. The van der Waals surface area contributed by atoms with Gasteiger partial charge in [0.25, 0.3) is 0 Å². The fourth-order valence-corrected chi connectivity index (χ4v) is 2.59. The first kappa shape index (κ1) is 19.9. The Bertz CT molecular complexity index is 891. The van der Waals surface area contributed by atoms with E-state index in [9.17, 15) is 9.59 Å². The average Bonchev–Trinajstić information content (AvgIpc) is 2.65. The normalized spacial score (nSPS) is 14.9. The maximum absolute atomic E-state index is 11.8. The number of rotatable bonds is 7. The number of amides is 2. The van der Waals surface area contributed by atoms with Crippen molar-refractivity contribution < 1.29 is 9.59 Å². The second-order valence-corrected chi connectivity index (χ2v) is 6.10. The molecule has 0 atom stereocenters. The largest absolute Gasteiger partial charge is 0.366 e. The molecular formula is C21H24N4O2. The van der Waals surface area contributed by atoms with Gasteiger partial charge in [-0.25, -0.2) is 4.99 Å². The van der Waals surface area contributed by atoms with E-state index in [1.165, 1.54) is 0 Å². The highest BCUT2D eigenvalue weighted by molar-refractivity contribution is 6.10. The van der Waals surface area contributed by atoms with Gasteiger partial charge in [-0.1, -0.05) is 31.4 Å². The predicted octanol–water partition coefficient (Wildman–Crippen LogP) is 2.67. The number of carbonyl (C=O) groups excluding carboxylic acids is 2. The van der Waals surface area contributed by atoms with Crippen molar-refractivity contribution in [3.63, 3.8) is 0 Å². The fourth-order valence-electron chi connectivity index (χ4n) is 2.59. The average molecular weight is 364 g/mol. The smallest absolute Gasteiger partial charge is 0.248 e. The van der Waals surface area contributed by atoms with Crippen LogP contribution in [0.4, 0.5) is 0 Å². The summed E-state index contributed by atoms with van der Waals surface area (Å²) in [5.41, 5.74) is 9.48. The molecule has 140 valence electrons. The monoisotopic (exact) mass is 364 g/mol. The standard InChI is InChI=1S/C21H24N4O2/c1-5-7-19(15(4)25-18-10-11-23-21(27)13(18)2)24-14(3)16-8-6-9-17(12-16)20(22)26/h5-9,12,25H,3-4,10-11H2,1-2H3,(H2,22,26)(H,23,27)/b7-5-,24-19?. The Morgan fingerprint density at radius 1 is 1.33 bits per heavy atom. The third-order valence-corrected chi connectivity index (χ3v) is 4.13. The van der Waals surface area contributed by atoms with Crippen LogP contribution in [-0.2, 0) is 4.79 Å². The molecule has 1 aliphatic heterocycles. The van der Waals surface area contributed by atoms with E-state index >= 15 is 0 Å². The van der Waals surface area contributed by atoms with E-state index in [0.29, 0.717) is 46.8 Å². The highest BCUT2D eigenvalue weighted by atomic mass is 16.2. The number of carbonyl (C=O) groups is 2. The van der Waals surface area contributed by atoms with Gasteiger partial charge in [0.2, 0.25) is 11.8 Å². The minimum atomic E-state index is -0.508. The first-order valence-electron chi connectivity index (χ1n) is 8.58. The van der Waals surface area contributed by atoms with Crippen molar-refractivity contribution in [1.29, 1.82) is 0 Å². The van der Waals surface area contributed by atoms with Crippen LogP contribution in [0.15, 0.2) is 71.5 Å². The van der Waals surface area contributed by atoms with E-state index in [4.69, 9.17) is 5.73 Å². The molecule has 1 aromatic rings. The van der Waals surface area contributed by atoms with E-state index in [1.54, 1.807) is 37.3 Å². The molecule has 0 spiro atoms. The molecular weight excluding hydrogens is 340 g/mol. The van der Waals surface area contributed by atoms with Crippen molar-refractivity contribution in [2.24, 2.45) is 10.7 Å². The molecule has 2 amide bonds. The summed E-state index contributed by atoms with van der Waals surface area (Å²) >= 11 is 0. The quantitative estimate of drug-likeness (QED) is 0.649. The third kappa shape index (κ3) is 5.04. The molecule has 1 aromatic carbocycles. The van der Waals surface area contributed by atoms with Crippen molar-refractivity contribution in [2.45, 2.75) is 20.3 Å². The zero-order valence-corrected chi connectivity index (χ0v) is 15.6. The van der Waals surface area contributed by atoms with Crippen LogP contribution in [0.1, 0.15) is 36.2 Å². The molecule has 0 unspecified atom stereocenters. The summed E-state index contributed by atoms with van der Waals surface area (Å²) in [4.78, 5) is 27.7. The van der Waals surface area contributed by atoms with Crippen LogP contribution in [0.25, 0.3) is 5.70 Å². The van der Waals surface area contributed by atoms with E-state index in [0.717, 1.165) is 5.70 Å². The summed E-state index contributed by atoms with van der Waals surface area (Å²) in [7, 11) is 0. The Balaban J connectivity index is 2.28. The van der Waals surface area contributed by atoms with Gasteiger partial charge in [-0.2, -0.15) is 0 Å². The Hall–Kier alpha value is -3.41. The first-order chi connectivity index (χ1) is 12.8. The number of aliphatic imine (C=N–C) groups is 1. The third-order valence-electron chi connectivity index (χ3n) is 4.13. The Morgan fingerprint density at radius 2 is 2.04 bits per heavy atom. The molecule has 0 aromatic heterocycles. The summed E-state index contributed by atoms with van der Waals surface area (Å²) in [6, 6.07) is 6.82. The van der Waals surface area contributed by atoms with Gasteiger partial charge in [-0.05, 0) is 32.1 Å². The first-order valence-corrected chi connectivity index (χ1v) is 8.58. The molecule has 0 radical (unpaired) electrons. The van der Waals surface area contributed by atoms with Crippen molar-refractivity contribution in [1.82, 2.24) is 10.6 Å². The lowest BCUT2D eigenvalue weighted by molar-refractivity contribution is -0.117. The Kier molecular flexibility index (Phi) is 6.49. The predicted molar refractivity (Wildman–Crippen MR) is 109 cm³/mol. The molecule has 6 nitrogen and oxygen atoms in total. The van der Waals surface area contributed by atoms with Crippen LogP contribution in [0.5, 0.6) is 0 Å². The van der Waals surface area contributed by atoms with Crippen LogP contribution in [0.3, 0.4) is 0 Å². The second-order valence-electron chi connectivity index (χ2n) is 6.10. The number of primary amides is 1. The summed E-state index contributed by atoms with van der Waals surface area (Å²) in [5, 5.41) is 5.99. The van der Waals surface area contributed by atoms with Gasteiger partial charge in [0.1, 0.15) is 0 Å². The van der Waals surface area contributed by atoms with Gasteiger partial charge in [0, 0.05) is 35.4 Å². The van der Waals surface area contributed by atoms with E-state index in [1.807, 2.05) is 13.0 Å². The molecule has 2 rings (SSSR count). The number of allylic oxidation sites excluding steroid dienone is 2. The summed E-state index contributed by atoms with van der Waals surface area (Å²) in [6.07, 6.45) is 4.34. The number of nitrogens with zero attached hydrogens (tertiary/aromatic N) is 1. The van der Waals surface area contributed by atoms with Gasteiger partial charge >= 0.3 is 0 Å². The van der Waals surface area contributed by atoms with Crippen molar-refractivity contribution in [3.05, 3.63) is 77.7 Å².